The van der Waals surface area contributed by atoms with E-state index in [1.54, 1.807) is 0 Å². The SMILES string of the molecule is Cc1ccc(C)c(OCCn2c(CCNC(=O)COc3cc(C)ccc3C)nc3ccccc32)c1. The molecule has 4 rings (SSSR count). The lowest BCUT2D eigenvalue weighted by molar-refractivity contribution is -0.123. The molecule has 182 valence electrons. The number of carbonyl (C=O) groups is 1. The lowest BCUT2D eigenvalue weighted by atomic mass is 10.1. The number of rotatable bonds is 10. The number of imidazole rings is 1. The first-order chi connectivity index (χ1) is 16.9. The molecule has 0 spiro atoms. The first kappa shape index (κ1) is 24.3. The summed E-state index contributed by atoms with van der Waals surface area (Å²) in [5.74, 6) is 2.43. The normalized spacial score (nSPS) is 11.0. The van der Waals surface area contributed by atoms with Crippen LogP contribution in [0.1, 0.15) is 28.1 Å². The minimum absolute atomic E-state index is 0.00953. The molecule has 1 heterocycles. The van der Waals surface area contributed by atoms with Crippen molar-refractivity contribution in [2.75, 3.05) is 19.8 Å². The van der Waals surface area contributed by atoms with Gasteiger partial charge in [-0.25, -0.2) is 4.98 Å². The minimum atomic E-state index is -0.146. The Morgan fingerprint density at radius 3 is 2.26 bits per heavy atom. The molecule has 0 bridgehead atoms. The van der Waals surface area contributed by atoms with Crippen molar-refractivity contribution in [2.45, 2.75) is 40.7 Å². The summed E-state index contributed by atoms with van der Waals surface area (Å²) >= 11 is 0. The van der Waals surface area contributed by atoms with E-state index in [9.17, 15) is 4.79 Å². The van der Waals surface area contributed by atoms with Gasteiger partial charge in [-0.1, -0.05) is 36.4 Å². The topological polar surface area (TPSA) is 65.4 Å². The van der Waals surface area contributed by atoms with Gasteiger partial charge in [-0.15, -0.1) is 0 Å². The van der Waals surface area contributed by atoms with Crippen molar-refractivity contribution in [1.29, 1.82) is 0 Å². The quantitative estimate of drug-likeness (QED) is 0.350. The molecule has 0 atom stereocenters. The van der Waals surface area contributed by atoms with Crippen LogP contribution in [0.5, 0.6) is 11.5 Å². The van der Waals surface area contributed by atoms with E-state index >= 15 is 0 Å². The third kappa shape index (κ3) is 6.21. The average Bonchev–Trinajstić information content (AvgIpc) is 3.19. The van der Waals surface area contributed by atoms with Crippen LogP contribution in [0, 0.1) is 27.7 Å². The van der Waals surface area contributed by atoms with Crippen LogP contribution in [0.2, 0.25) is 0 Å². The smallest absolute Gasteiger partial charge is 0.257 e. The standard InChI is InChI=1S/C29H33N3O3/c1-20-9-11-22(3)26(17-20)34-16-15-32-25-8-6-5-7-24(25)31-28(32)13-14-30-29(33)19-35-27-18-21(2)10-12-23(27)4/h5-12,17-18H,13-16,19H2,1-4H3,(H,30,33). The maximum atomic E-state index is 12.4. The van der Waals surface area contributed by atoms with Crippen molar-refractivity contribution in [3.8, 4) is 11.5 Å². The molecule has 0 fully saturated rings. The lowest BCUT2D eigenvalue weighted by Gasteiger charge is -2.13. The van der Waals surface area contributed by atoms with Gasteiger partial charge in [-0.2, -0.15) is 0 Å². The fraction of sp³-hybridized carbons (Fsp3) is 0.310. The Hall–Kier alpha value is -3.80. The van der Waals surface area contributed by atoms with E-state index < -0.39 is 0 Å². The van der Waals surface area contributed by atoms with Crippen molar-refractivity contribution in [3.63, 3.8) is 0 Å². The summed E-state index contributed by atoms with van der Waals surface area (Å²) in [5.41, 5.74) is 6.43. The van der Waals surface area contributed by atoms with Crippen LogP contribution in [0.15, 0.2) is 60.7 Å². The number of hydrogen-bond donors (Lipinski definition) is 1. The fourth-order valence-corrected chi connectivity index (χ4v) is 4.05. The summed E-state index contributed by atoms with van der Waals surface area (Å²) in [7, 11) is 0. The third-order valence-corrected chi connectivity index (χ3v) is 6.02. The van der Waals surface area contributed by atoms with Gasteiger partial charge in [0, 0.05) is 13.0 Å². The molecule has 0 unspecified atom stereocenters. The summed E-state index contributed by atoms with van der Waals surface area (Å²) in [5, 5.41) is 2.95. The highest BCUT2D eigenvalue weighted by molar-refractivity contribution is 5.78. The molecule has 0 radical (unpaired) electrons. The van der Waals surface area contributed by atoms with E-state index in [1.165, 1.54) is 5.56 Å². The lowest BCUT2D eigenvalue weighted by Crippen LogP contribution is -2.31. The molecular weight excluding hydrogens is 438 g/mol. The maximum Gasteiger partial charge on any atom is 0.257 e. The summed E-state index contributed by atoms with van der Waals surface area (Å²) in [6, 6.07) is 20.3. The van der Waals surface area contributed by atoms with Gasteiger partial charge in [0.2, 0.25) is 0 Å². The first-order valence-electron chi connectivity index (χ1n) is 12.0. The van der Waals surface area contributed by atoms with Crippen LogP contribution >= 0.6 is 0 Å². The molecule has 3 aromatic carbocycles. The average molecular weight is 472 g/mol. The number of hydrogen-bond acceptors (Lipinski definition) is 4. The highest BCUT2D eigenvalue weighted by Gasteiger charge is 2.12. The van der Waals surface area contributed by atoms with Gasteiger partial charge < -0.3 is 19.4 Å². The number of nitrogens with one attached hydrogen (secondary N) is 1. The van der Waals surface area contributed by atoms with Crippen molar-refractivity contribution in [1.82, 2.24) is 14.9 Å². The Kier molecular flexibility index (Phi) is 7.70. The molecule has 0 aliphatic rings. The van der Waals surface area contributed by atoms with E-state index in [4.69, 9.17) is 14.5 Å². The second-order valence-electron chi connectivity index (χ2n) is 8.94. The van der Waals surface area contributed by atoms with Crippen LogP contribution in [0.4, 0.5) is 0 Å². The minimum Gasteiger partial charge on any atom is -0.491 e. The molecule has 0 saturated carbocycles. The van der Waals surface area contributed by atoms with E-state index in [1.807, 2.05) is 50.2 Å². The number of aryl methyl sites for hydroxylation is 4. The van der Waals surface area contributed by atoms with Gasteiger partial charge in [0.05, 0.1) is 17.6 Å². The van der Waals surface area contributed by atoms with Crippen LogP contribution in [0.25, 0.3) is 11.0 Å². The largest absolute Gasteiger partial charge is 0.491 e. The van der Waals surface area contributed by atoms with E-state index in [0.29, 0.717) is 26.1 Å². The zero-order valence-electron chi connectivity index (χ0n) is 20.9. The predicted octanol–water partition coefficient (Wildman–Crippen LogP) is 5.09. The second kappa shape index (κ2) is 11.1. The number of carbonyl (C=O) groups excluding carboxylic acids is 1. The van der Waals surface area contributed by atoms with E-state index in [2.05, 4.69) is 48.0 Å². The molecular formula is C29H33N3O3. The second-order valence-corrected chi connectivity index (χ2v) is 8.94. The summed E-state index contributed by atoms with van der Waals surface area (Å²) in [6.07, 6.45) is 0.618. The highest BCUT2D eigenvalue weighted by Crippen LogP contribution is 2.21. The fourth-order valence-electron chi connectivity index (χ4n) is 4.05. The number of fused-ring (bicyclic) bond motifs is 1. The number of benzene rings is 3. The molecule has 1 N–H and O–H groups in total. The Morgan fingerprint density at radius 2 is 1.54 bits per heavy atom. The number of nitrogens with zero attached hydrogens (tertiary/aromatic N) is 2. The first-order valence-corrected chi connectivity index (χ1v) is 12.0. The molecule has 4 aromatic rings. The monoisotopic (exact) mass is 471 g/mol. The van der Waals surface area contributed by atoms with Crippen molar-refractivity contribution < 1.29 is 14.3 Å². The van der Waals surface area contributed by atoms with E-state index in [0.717, 1.165) is 45.0 Å². The molecule has 6 nitrogen and oxygen atoms in total. The van der Waals surface area contributed by atoms with Gasteiger partial charge >= 0.3 is 0 Å². The van der Waals surface area contributed by atoms with Crippen LogP contribution in [-0.4, -0.2) is 35.2 Å². The Balaban J connectivity index is 1.35. The zero-order chi connectivity index (χ0) is 24.8. The molecule has 35 heavy (non-hydrogen) atoms. The van der Waals surface area contributed by atoms with Crippen LogP contribution in [-0.2, 0) is 17.8 Å². The number of ether oxygens (including phenoxy) is 2. The van der Waals surface area contributed by atoms with Gasteiger partial charge in [-0.3, -0.25) is 4.79 Å². The van der Waals surface area contributed by atoms with Gasteiger partial charge in [0.1, 0.15) is 23.9 Å². The van der Waals surface area contributed by atoms with Crippen LogP contribution in [0.3, 0.4) is 0 Å². The number of aromatic nitrogens is 2. The summed E-state index contributed by atoms with van der Waals surface area (Å²) in [6.45, 7) is 9.78. The third-order valence-electron chi connectivity index (χ3n) is 6.02. The zero-order valence-corrected chi connectivity index (χ0v) is 20.9. The molecule has 0 aliphatic carbocycles. The summed E-state index contributed by atoms with van der Waals surface area (Å²) < 4.78 is 14.0. The highest BCUT2D eigenvalue weighted by atomic mass is 16.5. The maximum absolute atomic E-state index is 12.4. The van der Waals surface area contributed by atoms with Crippen molar-refractivity contribution >= 4 is 16.9 Å². The van der Waals surface area contributed by atoms with Crippen LogP contribution < -0.4 is 14.8 Å². The Labute approximate surface area is 206 Å². The Morgan fingerprint density at radius 1 is 0.886 bits per heavy atom. The molecule has 6 heteroatoms. The summed E-state index contributed by atoms with van der Waals surface area (Å²) in [4.78, 5) is 17.2. The molecule has 1 amide bonds. The Bertz CT molecular complexity index is 1330. The van der Waals surface area contributed by atoms with E-state index in [-0.39, 0.29) is 12.5 Å². The predicted molar refractivity (Wildman–Crippen MR) is 139 cm³/mol. The molecule has 0 saturated heterocycles. The van der Waals surface area contributed by atoms with Crippen molar-refractivity contribution in [2.24, 2.45) is 0 Å². The van der Waals surface area contributed by atoms with Gasteiger partial charge in [0.25, 0.3) is 5.91 Å². The number of para-hydroxylation sites is 2. The van der Waals surface area contributed by atoms with Gasteiger partial charge in [-0.05, 0) is 74.2 Å². The van der Waals surface area contributed by atoms with Crippen molar-refractivity contribution in [3.05, 3.63) is 88.7 Å². The molecule has 1 aromatic heterocycles. The number of amides is 1. The molecule has 0 aliphatic heterocycles. The van der Waals surface area contributed by atoms with Gasteiger partial charge in [0.15, 0.2) is 6.61 Å².